The molecule has 0 radical (unpaired) electrons. The van der Waals surface area contributed by atoms with E-state index in [1.807, 2.05) is 0 Å². The molecular weight excluding hydrogens is 450 g/mol. The van der Waals surface area contributed by atoms with Crippen LogP contribution in [0.15, 0.2) is 70.9 Å². The smallest absolute Gasteiger partial charge is 0.335 e. The maximum atomic E-state index is 13.0. The molecule has 4 rings (SSSR count). The first-order valence-electron chi connectivity index (χ1n) is 9.79. The van der Waals surface area contributed by atoms with Gasteiger partial charge in [0.15, 0.2) is 0 Å². The van der Waals surface area contributed by atoms with E-state index in [9.17, 15) is 19.5 Å². The number of benzene rings is 2. The van der Waals surface area contributed by atoms with Gasteiger partial charge >= 0.3 is 5.97 Å². The molecular formula is C24H18ClNO7. The number of furan rings is 1. The van der Waals surface area contributed by atoms with E-state index in [1.54, 1.807) is 30.3 Å². The Labute approximate surface area is 193 Å². The lowest BCUT2D eigenvalue weighted by Gasteiger charge is -2.23. The number of methoxy groups -OCH3 is 1. The molecule has 1 amide bonds. The number of Topliss-reactive ketones (excluding diaryl/α,β-unsaturated/α-hetero) is 1. The number of hydrogen-bond acceptors (Lipinski definition) is 6. The van der Waals surface area contributed by atoms with Gasteiger partial charge < -0.3 is 24.3 Å². The number of rotatable bonds is 6. The third-order valence-electron chi connectivity index (χ3n) is 5.33. The lowest BCUT2D eigenvalue weighted by Crippen LogP contribution is -2.29. The first-order chi connectivity index (χ1) is 15.8. The number of carboxylic acids is 1. The summed E-state index contributed by atoms with van der Waals surface area (Å²) in [5, 5.41) is 20.3. The Balaban J connectivity index is 1.78. The Bertz CT molecular complexity index is 1260. The predicted octanol–water partition coefficient (Wildman–Crippen LogP) is 4.26. The minimum absolute atomic E-state index is 0.00398. The molecule has 2 N–H and O–H groups in total. The van der Waals surface area contributed by atoms with Gasteiger partial charge in [-0.2, -0.15) is 0 Å². The van der Waals surface area contributed by atoms with Crippen molar-refractivity contribution in [3.05, 3.63) is 93.9 Å². The molecule has 2 heterocycles. The number of ketones is 1. The van der Waals surface area contributed by atoms with E-state index in [4.69, 9.17) is 25.9 Å². The highest BCUT2D eigenvalue weighted by atomic mass is 35.5. The van der Waals surface area contributed by atoms with Crippen LogP contribution in [-0.4, -0.2) is 39.9 Å². The summed E-state index contributed by atoms with van der Waals surface area (Å²) in [7, 11) is 1.45. The molecule has 0 saturated carbocycles. The van der Waals surface area contributed by atoms with Crippen LogP contribution < -0.4 is 4.74 Å². The van der Waals surface area contributed by atoms with Crippen molar-refractivity contribution in [1.29, 1.82) is 0 Å². The molecule has 0 spiro atoms. The number of aliphatic hydroxyl groups is 1. The molecule has 1 aromatic heterocycles. The fraction of sp³-hybridized carbons (Fsp3) is 0.125. The molecule has 1 aliphatic rings. The zero-order chi connectivity index (χ0) is 23.7. The second kappa shape index (κ2) is 8.84. The van der Waals surface area contributed by atoms with Crippen LogP contribution in [0.4, 0.5) is 0 Å². The fourth-order valence-electron chi connectivity index (χ4n) is 3.70. The van der Waals surface area contributed by atoms with Crippen molar-refractivity contribution in [1.82, 2.24) is 4.90 Å². The van der Waals surface area contributed by atoms with Crippen molar-refractivity contribution in [3.8, 4) is 5.75 Å². The minimum atomic E-state index is -1.07. The van der Waals surface area contributed by atoms with Gasteiger partial charge in [-0.1, -0.05) is 23.7 Å². The average Bonchev–Trinajstić information content (AvgIpc) is 3.42. The van der Waals surface area contributed by atoms with Crippen molar-refractivity contribution >= 4 is 35.0 Å². The number of hydrogen-bond donors (Lipinski definition) is 2. The van der Waals surface area contributed by atoms with Gasteiger partial charge in [-0.05, 0) is 48.0 Å². The molecule has 1 aliphatic heterocycles. The zero-order valence-corrected chi connectivity index (χ0v) is 18.1. The summed E-state index contributed by atoms with van der Waals surface area (Å²) in [4.78, 5) is 38.3. The van der Waals surface area contributed by atoms with Gasteiger partial charge in [0.25, 0.3) is 11.7 Å². The van der Waals surface area contributed by atoms with Gasteiger partial charge in [0.2, 0.25) is 0 Å². The van der Waals surface area contributed by atoms with Crippen LogP contribution in [0, 0.1) is 0 Å². The van der Waals surface area contributed by atoms with Crippen molar-refractivity contribution in [2.24, 2.45) is 0 Å². The summed E-state index contributed by atoms with van der Waals surface area (Å²) in [6.07, 6.45) is 1.40. The molecule has 8 nitrogen and oxygen atoms in total. The SMILES string of the molecule is COc1ccc(/C(O)=C2/C(=O)C(=O)N(Cc3ccc(C(=O)O)cc3)C2c2ccco2)cc1Cl. The molecule has 33 heavy (non-hydrogen) atoms. The molecule has 1 unspecified atom stereocenters. The third-order valence-corrected chi connectivity index (χ3v) is 5.63. The van der Waals surface area contributed by atoms with Crippen molar-refractivity contribution < 1.29 is 33.8 Å². The van der Waals surface area contributed by atoms with Gasteiger partial charge in [-0.15, -0.1) is 0 Å². The van der Waals surface area contributed by atoms with E-state index in [0.29, 0.717) is 11.3 Å². The Morgan fingerprint density at radius 3 is 2.36 bits per heavy atom. The number of ether oxygens (including phenoxy) is 1. The average molecular weight is 468 g/mol. The van der Waals surface area contributed by atoms with Crippen LogP contribution in [0.5, 0.6) is 5.75 Å². The second-order valence-corrected chi connectivity index (χ2v) is 7.70. The van der Waals surface area contributed by atoms with E-state index in [0.717, 1.165) is 0 Å². The number of halogens is 1. The van der Waals surface area contributed by atoms with Crippen molar-refractivity contribution in [2.45, 2.75) is 12.6 Å². The van der Waals surface area contributed by atoms with Crippen molar-refractivity contribution in [3.63, 3.8) is 0 Å². The van der Waals surface area contributed by atoms with Crippen LogP contribution >= 0.6 is 11.6 Å². The van der Waals surface area contributed by atoms with E-state index in [1.165, 1.54) is 42.5 Å². The highest BCUT2D eigenvalue weighted by Crippen LogP contribution is 2.41. The predicted molar refractivity (Wildman–Crippen MR) is 118 cm³/mol. The van der Waals surface area contributed by atoms with Gasteiger partial charge in [0.05, 0.1) is 29.5 Å². The highest BCUT2D eigenvalue weighted by Gasteiger charge is 2.47. The molecule has 9 heteroatoms. The highest BCUT2D eigenvalue weighted by molar-refractivity contribution is 6.46. The molecule has 0 aliphatic carbocycles. The zero-order valence-electron chi connectivity index (χ0n) is 17.3. The standard InChI is InChI=1S/C24H18ClNO7/c1-32-17-9-8-15(11-16(17)25)21(27)19-20(18-3-2-10-33-18)26(23(29)22(19)28)12-13-4-6-14(7-5-13)24(30)31/h2-11,20,27H,12H2,1H3,(H,30,31)/b21-19-. The van der Waals surface area contributed by atoms with Crippen LogP contribution in [0.3, 0.4) is 0 Å². The molecule has 3 aromatic rings. The third kappa shape index (κ3) is 4.08. The summed E-state index contributed by atoms with van der Waals surface area (Å²) in [5.41, 5.74) is 0.796. The number of nitrogens with zero attached hydrogens (tertiary/aromatic N) is 1. The fourth-order valence-corrected chi connectivity index (χ4v) is 3.96. The maximum absolute atomic E-state index is 13.0. The Hall–Kier alpha value is -4.04. The molecule has 1 fully saturated rings. The minimum Gasteiger partial charge on any atom is -0.507 e. The normalized spacial score (nSPS) is 17.4. The number of carboxylic acid groups (broad SMARTS) is 1. The molecule has 168 valence electrons. The van der Waals surface area contributed by atoms with E-state index < -0.39 is 29.5 Å². The molecule has 0 bridgehead atoms. The van der Waals surface area contributed by atoms with Crippen molar-refractivity contribution in [2.75, 3.05) is 7.11 Å². The summed E-state index contributed by atoms with van der Waals surface area (Å²) >= 11 is 6.17. The van der Waals surface area contributed by atoms with Gasteiger partial charge in [0.1, 0.15) is 23.3 Å². The quantitative estimate of drug-likeness (QED) is 0.316. The van der Waals surface area contributed by atoms with Gasteiger partial charge in [-0.3, -0.25) is 9.59 Å². The topological polar surface area (TPSA) is 117 Å². The second-order valence-electron chi connectivity index (χ2n) is 7.29. The van der Waals surface area contributed by atoms with E-state index in [-0.39, 0.29) is 34.0 Å². The van der Waals surface area contributed by atoms with Crippen LogP contribution in [0.25, 0.3) is 5.76 Å². The number of aromatic carboxylic acids is 1. The lowest BCUT2D eigenvalue weighted by molar-refractivity contribution is -0.140. The Morgan fingerprint density at radius 1 is 1.09 bits per heavy atom. The summed E-state index contributed by atoms with van der Waals surface area (Å²) < 4.78 is 10.6. The van der Waals surface area contributed by atoms with E-state index in [2.05, 4.69) is 0 Å². The van der Waals surface area contributed by atoms with Gasteiger partial charge in [-0.25, -0.2) is 4.79 Å². The number of likely N-dealkylation sites (tertiary alicyclic amines) is 1. The maximum Gasteiger partial charge on any atom is 0.335 e. The van der Waals surface area contributed by atoms with Crippen LogP contribution in [0.1, 0.15) is 33.3 Å². The number of amides is 1. The van der Waals surface area contributed by atoms with Crippen LogP contribution in [0.2, 0.25) is 5.02 Å². The Morgan fingerprint density at radius 2 is 1.79 bits per heavy atom. The monoisotopic (exact) mass is 467 g/mol. The largest absolute Gasteiger partial charge is 0.507 e. The Kier molecular flexibility index (Phi) is 5.93. The molecule has 2 aromatic carbocycles. The summed E-state index contributed by atoms with van der Waals surface area (Å²) in [6, 6.07) is 12.7. The number of carbonyl (C=O) groups excluding carboxylic acids is 2. The van der Waals surface area contributed by atoms with E-state index >= 15 is 0 Å². The molecule has 1 atom stereocenters. The van der Waals surface area contributed by atoms with Crippen LogP contribution in [-0.2, 0) is 16.1 Å². The van der Waals surface area contributed by atoms with Gasteiger partial charge in [0, 0.05) is 12.1 Å². The first-order valence-corrected chi connectivity index (χ1v) is 10.2. The summed E-state index contributed by atoms with van der Waals surface area (Å²) in [5.74, 6) is -2.49. The first kappa shape index (κ1) is 22.2. The molecule has 1 saturated heterocycles. The lowest BCUT2D eigenvalue weighted by atomic mass is 9.99. The summed E-state index contributed by atoms with van der Waals surface area (Å²) in [6.45, 7) is -0.00398. The number of carbonyl (C=O) groups is 3. The number of aliphatic hydroxyl groups excluding tert-OH is 1.